The van der Waals surface area contributed by atoms with Crippen molar-refractivity contribution in [3.05, 3.63) is 12.1 Å². The molecule has 1 aromatic heterocycles. The van der Waals surface area contributed by atoms with Crippen LogP contribution in [0.1, 0.15) is 0 Å². The Morgan fingerprint density at radius 3 is 2.18 bits per heavy atom. The van der Waals surface area contributed by atoms with Gasteiger partial charge in [0.25, 0.3) is 0 Å². The number of aromatic nitrogens is 2. The van der Waals surface area contributed by atoms with Crippen LogP contribution in [-0.2, 0) is 0 Å². The number of ether oxygens (including phenoxy) is 2. The summed E-state index contributed by atoms with van der Waals surface area (Å²) in [4.78, 5) is 0. The second kappa shape index (κ2) is 4.46. The average Bonchev–Trinajstić information content (AvgIpc) is 2.76. The van der Waals surface area contributed by atoms with Gasteiger partial charge in [0.15, 0.2) is 11.5 Å². The first kappa shape index (κ1) is 11.5. The fourth-order valence-corrected chi connectivity index (χ4v) is 1.97. The SMILES string of the molecule is COc1cc(-c2nnc(N)s2)cc(OC)c1O. The number of nitrogens with zero attached hydrogens (tertiary/aromatic N) is 2. The number of benzene rings is 1. The Labute approximate surface area is 102 Å². The third kappa shape index (κ3) is 2.09. The molecule has 1 heterocycles. The van der Waals surface area contributed by atoms with E-state index in [1.165, 1.54) is 25.6 Å². The largest absolute Gasteiger partial charge is 0.502 e. The van der Waals surface area contributed by atoms with Crippen molar-refractivity contribution in [1.29, 1.82) is 0 Å². The second-order valence-electron chi connectivity index (χ2n) is 3.17. The Kier molecular flexibility index (Phi) is 3.01. The first-order valence-corrected chi connectivity index (χ1v) is 5.51. The standard InChI is InChI=1S/C10H11N3O3S/c1-15-6-3-5(4-7(16-2)8(6)14)9-12-13-10(11)17-9/h3-4,14H,1-2H3,(H2,11,13). The zero-order valence-corrected chi connectivity index (χ0v) is 10.1. The van der Waals surface area contributed by atoms with Crippen molar-refractivity contribution in [2.75, 3.05) is 20.0 Å². The number of methoxy groups -OCH3 is 2. The van der Waals surface area contributed by atoms with Crippen LogP contribution in [0.5, 0.6) is 17.2 Å². The minimum absolute atomic E-state index is 0.0452. The minimum atomic E-state index is -0.0452. The summed E-state index contributed by atoms with van der Waals surface area (Å²) in [5.41, 5.74) is 6.25. The molecule has 2 rings (SSSR count). The lowest BCUT2D eigenvalue weighted by molar-refractivity contribution is 0.340. The number of phenolic OH excluding ortho intramolecular Hbond substituents is 1. The van der Waals surface area contributed by atoms with Crippen LogP contribution in [0.4, 0.5) is 5.13 Å². The van der Waals surface area contributed by atoms with Crippen LogP contribution in [0.15, 0.2) is 12.1 Å². The predicted molar refractivity (Wildman–Crippen MR) is 64.5 cm³/mol. The third-order valence-electron chi connectivity index (χ3n) is 2.17. The Hall–Kier alpha value is -2.02. The van der Waals surface area contributed by atoms with Gasteiger partial charge in [0, 0.05) is 5.56 Å². The maximum Gasteiger partial charge on any atom is 0.203 e. The van der Waals surface area contributed by atoms with Crippen LogP contribution in [0.2, 0.25) is 0 Å². The monoisotopic (exact) mass is 253 g/mol. The van der Waals surface area contributed by atoms with E-state index in [9.17, 15) is 5.11 Å². The number of nitrogens with two attached hydrogens (primary N) is 1. The van der Waals surface area contributed by atoms with Gasteiger partial charge >= 0.3 is 0 Å². The molecule has 0 radical (unpaired) electrons. The number of nitrogen functional groups attached to an aromatic ring is 1. The minimum Gasteiger partial charge on any atom is -0.502 e. The zero-order valence-electron chi connectivity index (χ0n) is 9.30. The average molecular weight is 253 g/mol. The lowest BCUT2D eigenvalue weighted by Crippen LogP contribution is -1.90. The van der Waals surface area contributed by atoms with Gasteiger partial charge in [-0.25, -0.2) is 0 Å². The van der Waals surface area contributed by atoms with Gasteiger partial charge in [0.2, 0.25) is 10.9 Å². The van der Waals surface area contributed by atoms with Crippen LogP contribution in [0, 0.1) is 0 Å². The van der Waals surface area contributed by atoms with Crippen molar-refractivity contribution >= 4 is 16.5 Å². The van der Waals surface area contributed by atoms with Crippen molar-refractivity contribution in [3.63, 3.8) is 0 Å². The molecular weight excluding hydrogens is 242 g/mol. The van der Waals surface area contributed by atoms with Crippen LogP contribution in [0.3, 0.4) is 0 Å². The molecule has 0 unspecified atom stereocenters. The molecule has 90 valence electrons. The van der Waals surface area contributed by atoms with E-state index >= 15 is 0 Å². The van der Waals surface area contributed by atoms with E-state index in [1.807, 2.05) is 0 Å². The van der Waals surface area contributed by atoms with E-state index in [0.717, 1.165) is 5.56 Å². The highest BCUT2D eigenvalue weighted by molar-refractivity contribution is 7.18. The molecule has 0 fully saturated rings. The molecule has 0 aliphatic carbocycles. The number of hydrogen-bond donors (Lipinski definition) is 2. The maximum atomic E-state index is 9.76. The highest BCUT2D eigenvalue weighted by Crippen LogP contribution is 2.40. The molecule has 0 spiro atoms. The van der Waals surface area contributed by atoms with Crippen molar-refractivity contribution < 1.29 is 14.6 Å². The maximum absolute atomic E-state index is 9.76. The summed E-state index contributed by atoms with van der Waals surface area (Å²) in [5.74, 6) is 0.581. The Morgan fingerprint density at radius 2 is 1.76 bits per heavy atom. The highest BCUT2D eigenvalue weighted by Gasteiger charge is 2.14. The molecular formula is C10H11N3O3S. The molecule has 3 N–H and O–H groups in total. The predicted octanol–water partition coefficient (Wildman–Crippen LogP) is 1.51. The molecule has 0 amide bonds. The van der Waals surface area contributed by atoms with Crippen molar-refractivity contribution in [2.24, 2.45) is 0 Å². The Morgan fingerprint density at radius 1 is 1.18 bits per heavy atom. The highest BCUT2D eigenvalue weighted by atomic mass is 32.1. The van der Waals surface area contributed by atoms with E-state index in [-0.39, 0.29) is 5.75 Å². The van der Waals surface area contributed by atoms with Crippen LogP contribution in [-0.4, -0.2) is 29.5 Å². The second-order valence-corrected chi connectivity index (χ2v) is 4.18. The van der Waals surface area contributed by atoms with Crippen molar-refractivity contribution in [2.45, 2.75) is 0 Å². The Balaban J connectivity index is 2.55. The first-order valence-electron chi connectivity index (χ1n) is 4.70. The molecule has 17 heavy (non-hydrogen) atoms. The lowest BCUT2D eigenvalue weighted by Gasteiger charge is -2.09. The van der Waals surface area contributed by atoms with Crippen molar-refractivity contribution in [1.82, 2.24) is 10.2 Å². The quantitative estimate of drug-likeness (QED) is 0.861. The van der Waals surface area contributed by atoms with Gasteiger partial charge in [0.1, 0.15) is 5.01 Å². The topological polar surface area (TPSA) is 90.5 Å². The number of phenols is 1. The Bertz CT molecular complexity index is 516. The summed E-state index contributed by atoms with van der Waals surface area (Å²) in [6.45, 7) is 0. The molecule has 6 nitrogen and oxygen atoms in total. The van der Waals surface area contributed by atoms with Crippen molar-refractivity contribution in [3.8, 4) is 27.8 Å². The summed E-state index contributed by atoms with van der Waals surface area (Å²) in [5, 5.41) is 18.4. The molecule has 0 atom stereocenters. The fraction of sp³-hybridized carbons (Fsp3) is 0.200. The number of rotatable bonds is 3. The van der Waals surface area contributed by atoms with Crippen LogP contribution < -0.4 is 15.2 Å². The summed E-state index contributed by atoms with van der Waals surface area (Å²) in [7, 11) is 2.93. The van der Waals surface area contributed by atoms with Gasteiger partial charge in [-0.1, -0.05) is 11.3 Å². The van der Waals surface area contributed by atoms with E-state index in [0.29, 0.717) is 21.6 Å². The molecule has 0 saturated carbocycles. The molecule has 0 aliphatic heterocycles. The van der Waals surface area contributed by atoms with Crippen LogP contribution in [0.25, 0.3) is 10.6 Å². The summed E-state index contributed by atoms with van der Waals surface area (Å²) < 4.78 is 10.1. The summed E-state index contributed by atoms with van der Waals surface area (Å²) >= 11 is 1.25. The molecule has 2 aromatic rings. The zero-order chi connectivity index (χ0) is 12.4. The van der Waals surface area contributed by atoms with Gasteiger partial charge in [-0.15, -0.1) is 10.2 Å². The molecule has 1 aromatic carbocycles. The molecule has 7 heteroatoms. The van der Waals surface area contributed by atoms with E-state index in [1.54, 1.807) is 12.1 Å². The van der Waals surface area contributed by atoms with E-state index in [4.69, 9.17) is 15.2 Å². The van der Waals surface area contributed by atoms with Gasteiger partial charge in [-0.2, -0.15) is 0 Å². The van der Waals surface area contributed by atoms with Gasteiger partial charge in [0.05, 0.1) is 14.2 Å². The number of aromatic hydroxyl groups is 1. The van der Waals surface area contributed by atoms with E-state index in [2.05, 4.69) is 10.2 Å². The van der Waals surface area contributed by atoms with Gasteiger partial charge in [-0.3, -0.25) is 0 Å². The summed E-state index contributed by atoms with van der Waals surface area (Å²) in [6.07, 6.45) is 0. The summed E-state index contributed by atoms with van der Waals surface area (Å²) in [6, 6.07) is 3.30. The van der Waals surface area contributed by atoms with E-state index < -0.39 is 0 Å². The van der Waals surface area contributed by atoms with Gasteiger partial charge < -0.3 is 20.3 Å². The van der Waals surface area contributed by atoms with Gasteiger partial charge in [-0.05, 0) is 12.1 Å². The lowest BCUT2D eigenvalue weighted by atomic mass is 10.2. The molecule has 0 bridgehead atoms. The smallest absolute Gasteiger partial charge is 0.203 e. The van der Waals surface area contributed by atoms with Crippen LogP contribution >= 0.6 is 11.3 Å². The first-order chi connectivity index (χ1) is 8.15. The number of anilines is 1. The molecule has 0 saturated heterocycles. The number of hydrogen-bond acceptors (Lipinski definition) is 7. The molecule has 0 aliphatic rings. The normalized spacial score (nSPS) is 10.2. The fourth-order valence-electron chi connectivity index (χ4n) is 1.37. The third-order valence-corrected chi connectivity index (χ3v) is 2.97.